The number of aryl methyl sites for hydroxylation is 1. The van der Waals surface area contributed by atoms with Gasteiger partial charge in [-0.1, -0.05) is 37.1 Å². The van der Waals surface area contributed by atoms with Gasteiger partial charge in [-0.15, -0.1) is 6.42 Å². The van der Waals surface area contributed by atoms with Gasteiger partial charge < -0.3 is 19.3 Å². The molecule has 1 heterocycles. The lowest BCUT2D eigenvalue weighted by molar-refractivity contribution is 0.0259. The number of nitrogens with zero attached hydrogens (tertiary/aromatic N) is 3. The molecule has 1 atom stereocenters. The van der Waals surface area contributed by atoms with E-state index in [0.717, 1.165) is 29.9 Å². The zero-order valence-electron chi connectivity index (χ0n) is 20.1. The van der Waals surface area contributed by atoms with E-state index in [0.29, 0.717) is 30.5 Å². The molecule has 0 aliphatic heterocycles. The minimum atomic E-state index is -0.646. The van der Waals surface area contributed by atoms with E-state index in [1.807, 2.05) is 66.2 Å². The van der Waals surface area contributed by atoms with Gasteiger partial charge in [0.25, 0.3) is 0 Å². The van der Waals surface area contributed by atoms with Crippen LogP contribution in [0, 0.1) is 19.3 Å². The molecule has 34 heavy (non-hydrogen) atoms. The molecular weight excluding hydrogens is 430 g/mol. The Bertz CT molecular complexity index is 1080. The van der Waals surface area contributed by atoms with E-state index in [1.165, 1.54) is 0 Å². The first kappa shape index (κ1) is 25.3. The van der Waals surface area contributed by atoms with Gasteiger partial charge in [-0.3, -0.25) is 4.90 Å². The van der Waals surface area contributed by atoms with Crippen LogP contribution in [0.25, 0.3) is 5.69 Å². The molecule has 1 N–H and O–H groups in total. The average Bonchev–Trinajstić information content (AvgIpc) is 3.15. The highest BCUT2D eigenvalue weighted by molar-refractivity contribution is 5.44. The van der Waals surface area contributed by atoms with E-state index >= 15 is 0 Å². The average molecular weight is 464 g/mol. The van der Waals surface area contributed by atoms with Crippen molar-refractivity contribution in [2.24, 2.45) is 0 Å². The second-order valence-corrected chi connectivity index (χ2v) is 8.01. The Hall–Kier alpha value is -3.31. The lowest BCUT2D eigenvalue weighted by atomic mass is 10.2. The third-order valence-electron chi connectivity index (χ3n) is 5.28. The number of rotatable bonds is 13. The van der Waals surface area contributed by atoms with E-state index < -0.39 is 6.10 Å². The molecule has 7 nitrogen and oxygen atoms in total. The number of terminal acetylenes is 1. The Labute approximate surface area is 201 Å². The van der Waals surface area contributed by atoms with Crippen molar-refractivity contribution in [3.63, 3.8) is 0 Å². The Morgan fingerprint density at radius 1 is 1.15 bits per heavy atom. The second-order valence-electron chi connectivity index (χ2n) is 8.01. The summed E-state index contributed by atoms with van der Waals surface area (Å²) in [5, 5.41) is 15.3. The molecule has 2 aromatic carbocycles. The highest BCUT2D eigenvalue weighted by Gasteiger charge is 2.22. The monoisotopic (exact) mass is 463 g/mol. The molecule has 0 radical (unpaired) electrons. The van der Waals surface area contributed by atoms with Crippen LogP contribution in [0.3, 0.4) is 0 Å². The van der Waals surface area contributed by atoms with E-state index in [-0.39, 0.29) is 13.2 Å². The molecule has 7 heteroatoms. The molecule has 0 aliphatic carbocycles. The maximum absolute atomic E-state index is 10.5. The molecule has 1 aromatic heterocycles. The molecule has 0 amide bonds. The number of hydrogen-bond acceptors (Lipinski definition) is 6. The van der Waals surface area contributed by atoms with Gasteiger partial charge in [-0.2, -0.15) is 5.10 Å². The summed E-state index contributed by atoms with van der Waals surface area (Å²) in [7, 11) is 1.63. The van der Waals surface area contributed by atoms with Gasteiger partial charge in [-0.05, 0) is 44.2 Å². The van der Waals surface area contributed by atoms with Crippen LogP contribution in [0.4, 0.5) is 0 Å². The van der Waals surface area contributed by atoms with Crippen molar-refractivity contribution in [2.75, 3.05) is 33.4 Å². The number of aromatic nitrogens is 2. The molecule has 0 saturated carbocycles. The summed E-state index contributed by atoms with van der Waals surface area (Å²) >= 11 is 0. The normalized spacial score (nSPS) is 11.9. The summed E-state index contributed by atoms with van der Waals surface area (Å²) in [6.07, 6.45) is 5.53. The molecule has 0 saturated heterocycles. The topological polar surface area (TPSA) is 69.0 Å². The summed E-state index contributed by atoms with van der Waals surface area (Å²) in [6.45, 7) is 6.30. The van der Waals surface area contributed by atoms with Gasteiger partial charge in [0.05, 0.1) is 36.8 Å². The van der Waals surface area contributed by atoms with Gasteiger partial charge in [0.1, 0.15) is 18.1 Å². The smallest absolute Gasteiger partial charge is 0.227 e. The summed E-state index contributed by atoms with van der Waals surface area (Å²) in [4.78, 5) is 2.18. The van der Waals surface area contributed by atoms with Gasteiger partial charge in [0.15, 0.2) is 0 Å². The van der Waals surface area contributed by atoms with E-state index in [4.69, 9.17) is 25.7 Å². The van der Waals surface area contributed by atoms with Crippen LogP contribution in [0.5, 0.6) is 17.4 Å². The number of benzene rings is 2. The fraction of sp³-hybridized carbons (Fsp3) is 0.370. The van der Waals surface area contributed by atoms with Crippen LogP contribution in [0.2, 0.25) is 0 Å². The van der Waals surface area contributed by atoms with Crippen LogP contribution >= 0.6 is 0 Å². The van der Waals surface area contributed by atoms with Crippen LogP contribution < -0.4 is 9.47 Å². The molecule has 0 unspecified atom stereocenters. The predicted octanol–water partition coefficient (Wildman–Crippen LogP) is 4.20. The number of hydrogen-bond donors (Lipinski definition) is 1. The SMILES string of the molecule is C#CCOC[C@H](O)CN(CCC)Cc1c(C)nn(-c2ccccc2)c1Oc1cccc(OC)c1. The fourth-order valence-electron chi connectivity index (χ4n) is 3.73. The largest absolute Gasteiger partial charge is 0.497 e. The lowest BCUT2D eigenvalue weighted by Crippen LogP contribution is -2.35. The van der Waals surface area contributed by atoms with Gasteiger partial charge in [0.2, 0.25) is 5.88 Å². The zero-order valence-corrected chi connectivity index (χ0v) is 20.1. The Balaban J connectivity index is 1.93. The molecule has 3 rings (SSSR count). The first-order chi connectivity index (χ1) is 16.5. The van der Waals surface area contributed by atoms with Crippen molar-refractivity contribution in [1.29, 1.82) is 0 Å². The fourth-order valence-corrected chi connectivity index (χ4v) is 3.73. The summed E-state index contributed by atoms with van der Waals surface area (Å²) in [5.74, 6) is 4.43. The Kier molecular flexibility index (Phi) is 9.53. The van der Waals surface area contributed by atoms with E-state index in [2.05, 4.69) is 17.7 Å². The van der Waals surface area contributed by atoms with Crippen molar-refractivity contribution in [1.82, 2.24) is 14.7 Å². The second kappa shape index (κ2) is 12.8. The number of para-hydroxylation sites is 1. The zero-order chi connectivity index (χ0) is 24.3. The van der Waals surface area contributed by atoms with Crippen molar-refractivity contribution < 1.29 is 19.3 Å². The van der Waals surface area contributed by atoms with E-state index in [9.17, 15) is 5.11 Å². The predicted molar refractivity (Wildman–Crippen MR) is 133 cm³/mol. The quantitative estimate of drug-likeness (QED) is 0.303. The van der Waals surface area contributed by atoms with Crippen LogP contribution in [0.1, 0.15) is 24.6 Å². The van der Waals surface area contributed by atoms with Crippen LogP contribution in [-0.2, 0) is 11.3 Å². The van der Waals surface area contributed by atoms with Gasteiger partial charge >= 0.3 is 0 Å². The third-order valence-corrected chi connectivity index (χ3v) is 5.28. The number of aliphatic hydroxyl groups excluding tert-OH is 1. The Morgan fingerprint density at radius 3 is 2.62 bits per heavy atom. The highest BCUT2D eigenvalue weighted by Crippen LogP contribution is 2.33. The first-order valence-corrected chi connectivity index (χ1v) is 11.4. The maximum Gasteiger partial charge on any atom is 0.227 e. The maximum atomic E-state index is 10.5. The molecule has 0 spiro atoms. The molecule has 0 bridgehead atoms. The first-order valence-electron chi connectivity index (χ1n) is 11.4. The minimum Gasteiger partial charge on any atom is -0.497 e. The highest BCUT2D eigenvalue weighted by atomic mass is 16.5. The standard InChI is InChI=1S/C27H33N3O4/c1-5-15-29(18-23(31)20-33-16-6-2)19-26-21(3)28-30(22-11-8-7-9-12-22)27(26)34-25-14-10-13-24(17-25)32-4/h2,7-14,17,23,31H,5,15-16,18-20H2,1,3-4H3/t23-/m1/s1. The number of aliphatic hydroxyl groups is 1. The summed E-state index contributed by atoms with van der Waals surface area (Å²) < 4.78 is 18.9. The van der Waals surface area contributed by atoms with E-state index in [1.54, 1.807) is 7.11 Å². The number of ether oxygens (including phenoxy) is 3. The van der Waals surface area contributed by atoms with Crippen molar-refractivity contribution >= 4 is 0 Å². The molecule has 0 fully saturated rings. The summed E-state index contributed by atoms with van der Waals surface area (Å²) in [6, 6.07) is 17.4. The lowest BCUT2D eigenvalue weighted by Gasteiger charge is -2.25. The van der Waals surface area contributed by atoms with Crippen molar-refractivity contribution in [3.8, 4) is 35.4 Å². The van der Waals surface area contributed by atoms with Gasteiger partial charge in [0, 0.05) is 19.2 Å². The summed E-state index contributed by atoms with van der Waals surface area (Å²) in [5.41, 5.74) is 2.72. The minimum absolute atomic E-state index is 0.187. The number of methoxy groups -OCH3 is 1. The van der Waals surface area contributed by atoms with Crippen LogP contribution in [-0.4, -0.2) is 59.3 Å². The Morgan fingerprint density at radius 2 is 1.91 bits per heavy atom. The van der Waals surface area contributed by atoms with Crippen molar-refractivity contribution in [2.45, 2.75) is 32.9 Å². The molecule has 180 valence electrons. The van der Waals surface area contributed by atoms with Crippen molar-refractivity contribution in [3.05, 3.63) is 65.9 Å². The van der Waals surface area contributed by atoms with Gasteiger partial charge in [-0.25, -0.2) is 4.68 Å². The molecule has 3 aromatic rings. The third kappa shape index (κ3) is 6.84. The van der Waals surface area contributed by atoms with Crippen LogP contribution in [0.15, 0.2) is 54.6 Å². The molecule has 0 aliphatic rings. The molecular formula is C27H33N3O4.